The SMILES string of the molecule is CC(/C=C/S(C)(=O)=O)NC(=O)c1cnc(C(C)(C)F)nc1Oc1ccccc1. The lowest BCUT2D eigenvalue weighted by atomic mass is 10.1. The molecule has 2 rings (SSSR count). The van der Waals surface area contributed by atoms with Crippen LogP contribution in [0, 0.1) is 0 Å². The van der Waals surface area contributed by atoms with Gasteiger partial charge >= 0.3 is 0 Å². The number of para-hydroxylation sites is 1. The fourth-order valence-electron chi connectivity index (χ4n) is 2.08. The molecule has 7 nitrogen and oxygen atoms in total. The number of hydrogen-bond acceptors (Lipinski definition) is 6. The molecule has 0 spiro atoms. The van der Waals surface area contributed by atoms with Gasteiger partial charge in [0.05, 0.1) is 0 Å². The van der Waals surface area contributed by atoms with Crippen molar-refractivity contribution in [2.75, 3.05) is 6.26 Å². The average Bonchev–Trinajstić information content (AvgIpc) is 2.59. The molecule has 0 aliphatic heterocycles. The molecule has 1 heterocycles. The molecule has 1 aromatic carbocycles. The van der Waals surface area contributed by atoms with Crippen LogP contribution in [0.1, 0.15) is 37.0 Å². The number of ether oxygens (including phenoxy) is 1. The third-order valence-corrected chi connectivity index (χ3v) is 4.11. The zero-order valence-electron chi connectivity index (χ0n) is 16.0. The van der Waals surface area contributed by atoms with Gasteiger partial charge in [0, 0.05) is 23.9 Å². The van der Waals surface area contributed by atoms with E-state index in [4.69, 9.17) is 4.74 Å². The summed E-state index contributed by atoms with van der Waals surface area (Å²) in [6.07, 6.45) is 3.57. The molecule has 0 fully saturated rings. The first-order valence-electron chi connectivity index (χ1n) is 8.44. The van der Waals surface area contributed by atoms with Crippen LogP contribution in [-0.4, -0.2) is 36.6 Å². The maximum atomic E-state index is 14.2. The number of carbonyl (C=O) groups excluding carboxylic acids is 1. The molecule has 0 saturated heterocycles. The Labute approximate surface area is 163 Å². The van der Waals surface area contributed by atoms with E-state index in [1.165, 1.54) is 26.1 Å². The van der Waals surface area contributed by atoms with E-state index >= 15 is 0 Å². The molecular formula is C19H22FN3O4S. The fraction of sp³-hybridized carbons (Fsp3) is 0.316. The zero-order chi connectivity index (χ0) is 20.9. The molecule has 0 aliphatic rings. The highest BCUT2D eigenvalue weighted by molar-refractivity contribution is 7.93. The van der Waals surface area contributed by atoms with Crippen LogP contribution in [0.2, 0.25) is 0 Å². The number of nitrogens with zero attached hydrogens (tertiary/aromatic N) is 2. The van der Waals surface area contributed by atoms with Crippen molar-refractivity contribution in [2.45, 2.75) is 32.5 Å². The largest absolute Gasteiger partial charge is 0.438 e. The quantitative estimate of drug-likeness (QED) is 0.757. The van der Waals surface area contributed by atoms with Crippen molar-refractivity contribution in [3.63, 3.8) is 0 Å². The molecule has 1 unspecified atom stereocenters. The monoisotopic (exact) mass is 407 g/mol. The van der Waals surface area contributed by atoms with Gasteiger partial charge in [0.2, 0.25) is 5.88 Å². The van der Waals surface area contributed by atoms with Crippen LogP contribution >= 0.6 is 0 Å². The summed E-state index contributed by atoms with van der Waals surface area (Å²) < 4.78 is 42.3. The predicted molar refractivity (Wildman–Crippen MR) is 104 cm³/mol. The van der Waals surface area contributed by atoms with Crippen LogP contribution in [-0.2, 0) is 15.5 Å². The van der Waals surface area contributed by atoms with Crippen molar-refractivity contribution < 1.29 is 22.3 Å². The summed E-state index contributed by atoms with van der Waals surface area (Å²) in [5.74, 6) is -0.388. The number of hydrogen-bond donors (Lipinski definition) is 1. The number of halogens is 1. The topological polar surface area (TPSA) is 98.2 Å². The maximum Gasteiger partial charge on any atom is 0.258 e. The van der Waals surface area contributed by atoms with E-state index in [0.29, 0.717) is 5.75 Å². The van der Waals surface area contributed by atoms with Crippen LogP contribution in [0.5, 0.6) is 11.6 Å². The third-order valence-electron chi connectivity index (χ3n) is 3.46. The molecule has 1 atom stereocenters. The van der Waals surface area contributed by atoms with Gasteiger partial charge < -0.3 is 10.1 Å². The normalized spacial score (nSPS) is 13.3. The van der Waals surface area contributed by atoms with Gasteiger partial charge in [-0.25, -0.2) is 17.8 Å². The summed E-state index contributed by atoms with van der Waals surface area (Å²) in [6.45, 7) is 4.20. The van der Waals surface area contributed by atoms with Gasteiger partial charge in [-0.2, -0.15) is 4.98 Å². The van der Waals surface area contributed by atoms with Crippen LogP contribution in [0.3, 0.4) is 0 Å². The number of aromatic nitrogens is 2. The second-order valence-corrected chi connectivity index (χ2v) is 8.65. The lowest BCUT2D eigenvalue weighted by Gasteiger charge is -2.16. The molecular weight excluding hydrogens is 385 g/mol. The van der Waals surface area contributed by atoms with Crippen molar-refractivity contribution in [3.05, 3.63) is 59.4 Å². The van der Waals surface area contributed by atoms with E-state index in [-0.39, 0.29) is 17.3 Å². The summed E-state index contributed by atoms with van der Waals surface area (Å²) in [4.78, 5) is 20.6. The minimum atomic E-state index is -3.31. The van der Waals surface area contributed by atoms with Crippen molar-refractivity contribution >= 4 is 15.7 Å². The van der Waals surface area contributed by atoms with Crippen LogP contribution in [0.15, 0.2) is 48.0 Å². The Morgan fingerprint density at radius 2 is 1.93 bits per heavy atom. The van der Waals surface area contributed by atoms with Gasteiger partial charge in [-0.1, -0.05) is 24.3 Å². The van der Waals surface area contributed by atoms with Gasteiger partial charge in [0.1, 0.15) is 11.3 Å². The first-order chi connectivity index (χ1) is 13.0. The molecule has 150 valence electrons. The molecule has 9 heteroatoms. The van der Waals surface area contributed by atoms with Gasteiger partial charge in [0.15, 0.2) is 21.3 Å². The molecule has 0 radical (unpaired) electrons. The van der Waals surface area contributed by atoms with Gasteiger partial charge in [-0.15, -0.1) is 0 Å². The Hall–Kier alpha value is -2.81. The highest BCUT2D eigenvalue weighted by Crippen LogP contribution is 2.27. The summed E-state index contributed by atoms with van der Waals surface area (Å²) in [5, 5.41) is 3.61. The Kier molecular flexibility index (Phi) is 6.50. The Balaban J connectivity index is 2.33. The second-order valence-electron chi connectivity index (χ2n) is 6.72. The summed E-state index contributed by atoms with van der Waals surface area (Å²) >= 11 is 0. The molecule has 0 bridgehead atoms. The van der Waals surface area contributed by atoms with Crippen molar-refractivity contribution in [1.82, 2.24) is 15.3 Å². The number of nitrogens with one attached hydrogen (secondary N) is 1. The fourth-order valence-corrected chi connectivity index (χ4v) is 2.60. The van der Waals surface area contributed by atoms with Crippen LogP contribution in [0.25, 0.3) is 0 Å². The Morgan fingerprint density at radius 3 is 2.50 bits per heavy atom. The Morgan fingerprint density at radius 1 is 1.29 bits per heavy atom. The Bertz CT molecular complexity index is 970. The van der Waals surface area contributed by atoms with E-state index in [1.54, 1.807) is 37.3 Å². The number of carbonyl (C=O) groups is 1. The zero-order valence-corrected chi connectivity index (χ0v) is 16.8. The number of benzene rings is 1. The third kappa shape index (κ3) is 6.41. The minimum absolute atomic E-state index is 0.00328. The standard InChI is InChI=1S/C19H22FN3O4S/c1-13(10-11-28(4,25)26)22-16(24)15-12-21-18(19(2,3)20)23-17(15)27-14-8-6-5-7-9-14/h5-13H,1-4H3,(H,22,24)/b11-10+. The van der Waals surface area contributed by atoms with Crippen LogP contribution < -0.4 is 10.1 Å². The lowest BCUT2D eigenvalue weighted by molar-refractivity contribution is 0.0942. The second kappa shape index (κ2) is 8.47. The van der Waals surface area contributed by atoms with Gasteiger partial charge in [0.25, 0.3) is 5.91 Å². The summed E-state index contributed by atoms with van der Waals surface area (Å²) in [5.41, 5.74) is -1.83. The number of alkyl halides is 1. The predicted octanol–water partition coefficient (Wildman–Crippen LogP) is 3.15. The number of sulfone groups is 1. The average molecular weight is 407 g/mol. The molecule has 0 saturated carbocycles. The smallest absolute Gasteiger partial charge is 0.258 e. The van der Waals surface area contributed by atoms with Gasteiger partial charge in [-0.3, -0.25) is 4.79 Å². The van der Waals surface area contributed by atoms with E-state index in [0.717, 1.165) is 11.7 Å². The minimum Gasteiger partial charge on any atom is -0.438 e. The molecule has 0 aliphatic carbocycles. The highest BCUT2D eigenvalue weighted by atomic mass is 32.2. The van der Waals surface area contributed by atoms with Crippen LogP contribution in [0.4, 0.5) is 4.39 Å². The maximum absolute atomic E-state index is 14.2. The summed E-state index contributed by atoms with van der Waals surface area (Å²) in [6, 6.07) is 8.04. The molecule has 2 aromatic rings. The van der Waals surface area contributed by atoms with Crippen molar-refractivity contribution in [1.29, 1.82) is 0 Å². The summed E-state index contributed by atoms with van der Waals surface area (Å²) in [7, 11) is -3.31. The van der Waals surface area contributed by atoms with Crippen molar-refractivity contribution in [3.8, 4) is 11.6 Å². The van der Waals surface area contributed by atoms with E-state index in [2.05, 4.69) is 15.3 Å². The first-order valence-corrected chi connectivity index (χ1v) is 10.4. The number of amides is 1. The van der Waals surface area contributed by atoms with Gasteiger partial charge in [-0.05, 0) is 32.9 Å². The highest BCUT2D eigenvalue weighted by Gasteiger charge is 2.26. The molecule has 1 N–H and O–H groups in total. The molecule has 1 aromatic heterocycles. The first kappa shape index (κ1) is 21.5. The molecule has 28 heavy (non-hydrogen) atoms. The lowest BCUT2D eigenvalue weighted by Crippen LogP contribution is -2.32. The number of rotatable bonds is 7. The van der Waals surface area contributed by atoms with E-state index < -0.39 is 27.5 Å². The molecule has 1 amide bonds. The van der Waals surface area contributed by atoms with E-state index in [9.17, 15) is 17.6 Å². The van der Waals surface area contributed by atoms with Crippen molar-refractivity contribution in [2.24, 2.45) is 0 Å². The van der Waals surface area contributed by atoms with E-state index in [1.807, 2.05) is 0 Å².